The maximum absolute atomic E-state index is 12.8. The van der Waals surface area contributed by atoms with Gasteiger partial charge in [-0.1, -0.05) is 12.1 Å². The standard InChI is InChI=1S/C19H24N4O/c24-19(21-18-7-3-5-15-13-20-9-8-17(15)18)23-12-4-6-16(14-23)22-10-1-2-11-22/h3,5,7-9,13,16H,1-2,4,6,10-12,14H2,(H,21,24)/t16-/m1/s1. The van der Waals surface area contributed by atoms with Crippen LogP contribution in [0.15, 0.2) is 36.7 Å². The molecular formula is C19H24N4O. The van der Waals surface area contributed by atoms with E-state index in [1.165, 1.54) is 32.4 Å². The minimum absolute atomic E-state index is 0.0169. The Morgan fingerprint density at radius 1 is 1.12 bits per heavy atom. The number of rotatable bonds is 2. The Hall–Kier alpha value is -2.14. The van der Waals surface area contributed by atoms with Crippen LogP contribution in [0.3, 0.4) is 0 Å². The number of amides is 2. The zero-order valence-corrected chi connectivity index (χ0v) is 13.9. The maximum Gasteiger partial charge on any atom is 0.321 e. The average molecular weight is 324 g/mol. The molecule has 5 nitrogen and oxygen atoms in total. The number of nitrogens with zero attached hydrogens (tertiary/aromatic N) is 3. The second-order valence-electron chi connectivity index (χ2n) is 6.82. The van der Waals surface area contributed by atoms with Crippen LogP contribution >= 0.6 is 0 Å². The summed E-state index contributed by atoms with van der Waals surface area (Å²) in [6.45, 7) is 4.08. The summed E-state index contributed by atoms with van der Waals surface area (Å²) in [6, 6.07) is 8.44. The molecule has 1 atom stereocenters. The number of carbonyl (C=O) groups excluding carboxylic acids is 1. The highest BCUT2D eigenvalue weighted by molar-refractivity contribution is 6.01. The zero-order valence-electron chi connectivity index (χ0n) is 13.9. The highest BCUT2D eigenvalue weighted by atomic mass is 16.2. The average Bonchev–Trinajstić information content (AvgIpc) is 3.17. The minimum Gasteiger partial charge on any atom is -0.323 e. The van der Waals surface area contributed by atoms with Gasteiger partial charge in [-0.15, -0.1) is 0 Å². The van der Waals surface area contributed by atoms with E-state index in [2.05, 4.69) is 15.2 Å². The van der Waals surface area contributed by atoms with Crippen LogP contribution in [-0.2, 0) is 0 Å². The van der Waals surface area contributed by atoms with E-state index in [-0.39, 0.29) is 6.03 Å². The molecule has 126 valence electrons. The molecule has 2 amide bonds. The van der Waals surface area contributed by atoms with Gasteiger partial charge in [0.2, 0.25) is 0 Å². The Balaban J connectivity index is 1.47. The molecule has 4 rings (SSSR count). The van der Waals surface area contributed by atoms with Crippen molar-refractivity contribution in [3.8, 4) is 0 Å². The molecule has 2 aliphatic heterocycles. The van der Waals surface area contributed by atoms with Crippen molar-refractivity contribution in [2.75, 3.05) is 31.5 Å². The van der Waals surface area contributed by atoms with Crippen molar-refractivity contribution in [1.82, 2.24) is 14.8 Å². The second kappa shape index (κ2) is 6.77. The molecule has 0 spiro atoms. The molecule has 1 aromatic heterocycles. The lowest BCUT2D eigenvalue weighted by Crippen LogP contribution is -2.50. The highest BCUT2D eigenvalue weighted by Crippen LogP contribution is 2.24. The topological polar surface area (TPSA) is 48.5 Å². The number of anilines is 1. The number of urea groups is 1. The fourth-order valence-corrected chi connectivity index (χ4v) is 3.97. The summed E-state index contributed by atoms with van der Waals surface area (Å²) in [4.78, 5) is 21.4. The van der Waals surface area contributed by atoms with Crippen molar-refractivity contribution in [3.63, 3.8) is 0 Å². The second-order valence-corrected chi connectivity index (χ2v) is 6.82. The van der Waals surface area contributed by atoms with Gasteiger partial charge in [-0.05, 0) is 50.9 Å². The number of likely N-dealkylation sites (tertiary alicyclic amines) is 2. The van der Waals surface area contributed by atoms with Crippen LogP contribution in [0.1, 0.15) is 25.7 Å². The lowest BCUT2D eigenvalue weighted by Gasteiger charge is -2.37. The van der Waals surface area contributed by atoms with Crippen molar-refractivity contribution in [3.05, 3.63) is 36.7 Å². The summed E-state index contributed by atoms with van der Waals surface area (Å²) in [7, 11) is 0. The summed E-state index contributed by atoms with van der Waals surface area (Å²) < 4.78 is 0. The summed E-state index contributed by atoms with van der Waals surface area (Å²) in [6.07, 6.45) is 8.49. The van der Waals surface area contributed by atoms with Crippen LogP contribution in [-0.4, -0.2) is 53.0 Å². The monoisotopic (exact) mass is 324 g/mol. The third kappa shape index (κ3) is 3.08. The maximum atomic E-state index is 12.8. The largest absolute Gasteiger partial charge is 0.323 e. The molecular weight excluding hydrogens is 300 g/mol. The van der Waals surface area contributed by atoms with Crippen LogP contribution in [0, 0.1) is 0 Å². The van der Waals surface area contributed by atoms with Crippen molar-refractivity contribution in [2.24, 2.45) is 0 Å². The third-order valence-electron chi connectivity index (χ3n) is 5.26. The van der Waals surface area contributed by atoms with E-state index < -0.39 is 0 Å². The molecule has 2 aromatic rings. The predicted molar refractivity (Wildman–Crippen MR) is 96.2 cm³/mol. The number of hydrogen-bond acceptors (Lipinski definition) is 3. The summed E-state index contributed by atoms with van der Waals surface area (Å²) in [5.74, 6) is 0. The van der Waals surface area contributed by atoms with Gasteiger partial charge in [0, 0.05) is 42.3 Å². The Labute approximate surface area is 142 Å². The molecule has 2 aliphatic rings. The van der Waals surface area contributed by atoms with E-state index in [0.29, 0.717) is 6.04 Å². The number of fused-ring (bicyclic) bond motifs is 1. The van der Waals surface area contributed by atoms with Crippen LogP contribution < -0.4 is 5.32 Å². The van der Waals surface area contributed by atoms with Crippen LogP contribution in [0.2, 0.25) is 0 Å². The van der Waals surface area contributed by atoms with Gasteiger partial charge in [0.05, 0.1) is 5.69 Å². The zero-order chi connectivity index (χ0) is 16.4. The number of piperidine rings is 1. The number of pyridine rings is 1. The number of carbonyl (C=O) groups is 1. The lowest BCUT2D eigenvalue weighted by atomic mass is 10.0. The van der Waals surface area contributed by atoms with Crippen LogP contribution in [0.5, 0.6) is 0 Å². The smallest absolute Gasteiger partial charge is 0.321 e. The van der Waals surface area contributed by atoms with Crippen molar-refractivity contribution < 1.29 is 4.79 Å². The molecule has 3 heterocycles. The quantitative estimate of drug-likeness (QED) is 0.922. The van der Waals surface area contributed by atoms with Crippen LogP contribution in [0.25, 0.3) is 10.8 Å². The molecule has 0 unspecified atom stereocenters. The number of aromatic nitrogens is 1. The van der Waals surface area contributed by atoms with E-state index >= 15 is 0 Å². The van der Waals surface area contributed by atoms with Gasteiger partial charge in [-0.3, -0.25) is 9.88 Å². The number of nitrogens with one attached hydrogen (secondary N) is 1. The molecule has 0 saturated carbocycles. The van der Waals surface area contributed by atoms with E-state index in [4.69, 9.17) is 0 Å². The van der Waals surface area contributed by atoms with E-state index in [1.54, 1.807) is 6.20 Å². The summed E-state index contributed by atoms with van der Waals surface area (Å²) in [5.41, 5.74) is 0.864. The molecule has 5 heteroatoms. The molecule has 0 bridgehead atoms. The molecule has 1 aromatic carbocycles. The minimum atomic E-state index is 0.0169. The van der Waals surface area contributed by atoms with Gasteiger partial charge in [-0.25, -0.2) is 4.79 Å². The summed E-state index contributed by atoms with van der Waals surface area (Å²) >= 11 is 0. The SMILES string of the molecule is O=C(Nc1cccc2cnccc12)N1CCC[C@@H](N2CCCC2)C1. The Morgan fingerprint density at radius 2 is 2.00 bits per heavy atom. The van der Waals surface area contributed by atoms with Gasteiger partial charge in [0.1, 0.15) is 0 Å². The van der Waals surface area contributed by atoms with Crippen LogP contribution in [0.4, 0.5) is 10.5 Å². The van der Waals surface area contributed by atoms with E-state index in [9.17, 15) is 4.79 Å². The predicted octanol–water partition coefficient (Wildman–Crippen LogP) is 3.33. The Morgan fingerprint density at radius 3 is 2.88 bits per heavy atom. The van der Waals surface area contributed by atoms with E-state index in [0.717, 1.165) is 36.0 Å². The fourth-order valence-electron chi connectivity index (χ4n) is 3.97. The molecule has 2 saturated heterocycles. The fraction of sp³-hybridized carbons (Fsp3) is 0.474. The molecule has 1 N–H and O–H groups in total. The molecule has 2 fully saturated rings. The van der Waals surface area contributed by atoms with Gasteiger partial charge in [0.25, 0.3) is 0 Å². The first-order valence-corrected chi connectivity index (χ1v) is 8.94. The highest BCUT2D eigenvalue weighted by Gasteiger charge is 2.29. The molecule has 0 radical (unpaired) electrons. The third-order valence-corrected chi connectivity index (χ3v) is 5.26. The van der Waals surface area contributed by atoms with Crippen molar-refractivity contribution in [1.29, 1.82) is 0 Å². The van der Waals surface area contributed by atoms with Gasteiger partial charge in [0.15, 0.2) is 0 Å². The first-order valence-electron chi connectivity index (χ1n) is 8.94. The van der Waals surface area contributed by atoms with Gasteiger partial charge in [-0.2, -0.15) is 0 Å². The molecule has 0 aliphatic carbocycles. The normalized spacial score (nSPS) is 22.0. The van der Waals surface area contributed by atoms with Gasteiger partial charge < -0.3 is 10.2 Å². The first kappa shape index (κ1) is 15.4. The van der Waals surface area contributed by atoms with E-state index in [1.807, 2.05) is 35.4 Å². The van der Waals surface area contributed by atoms with Gasteiger partial charge >= 0.3 is 6.03 Å². The van der Waals surface area contributed by atoms with Crippen molar-refractivity contribution >= 4 is 22.5 Å². The Bertz CT molecular complexity index is 721. The number of benzene rings is 1. The first-order chi connectivity index (χ1) is 11.8. The number of hydrogen-bond donors (Lipinski definition) is 1. The molecule has 24 heavy (non-hydrogen) atoms. The Kier molecular flexibility index (Phi) is 4.34. The van der Waals surface area contributed by atoms with Crippen molar-refractivity contribution in [2.45, 2.75) is 31.7 Å². The lowest BCUT2D eigenvalue weighted by molar-refractivity contribution is 0.132. The summed E-state index contributed by atoms with van der Waals surface area (Å²) in [5, 5.41) is 5.19.